The van der Waals surface area contributed by atoms with Crippen LogP contribution in [0.5, 0.6) is 5.75 Å². The normalized spacial score (nSPS) is 27.4. The Morgan fingerprint density at radius 1 is 1.17 bits per heavy atom. The summed E-state index contributed by atoms with van der Waals surface area (Å²) in [6, 6.07) is 5.39. The van der Waals surface area contributed by atoms with Crippen LogP contribution in [0.3, 0.4) is 0 Å². The molecule has 1 unspecified atom stereocenters. The van der Waals surface area contributed by atoms with Crippen LogP contribution in [0.2, 0.25) is 0 Å². The predicted molar refractivity (Wildman–Crippen MR) is 98.5 cm³/mol. The van der Waals surface area contributed by atoms with Crippen molar-refractivity contribution in [2.24, 2.45) is 17.8 Å². The average molecular weight is 328 g/mol. The molecule has 0 saturated heterocycles. The third-order valence-corrected chi connectivity index (χ3v) is 5.87. The summed E-state index contributed by atoms with van der Waals surface area (Å²) in [4.78, 5) is 0. The molecule has 1 fully saturated rings. The molecule has 130 valence electrons. The van der Waals surface area contributed by atoms with Crippen molar-refractivity contribution in [1.82, 2.24) is 0 Å². The molecule has 1 saturated carbocycles. The summed E-state index contributed by atoms with van der Waals surface area (Å²) in [5.41, 5.74) is 2.32. The first-order valence-corrected chi connectivity index (χ1v) is 9.45. The van der Waals surface area contributed by atoms with Gasteiger partial charge < -0.3 is 4.74 Å². The molecular formula is C22H29FO. The summed E-state index contributed by atoms with van der Waals surface area (Å²) >= 11 is 0. The highest BCUT2D eigenvalue weighted by atomic mass is 19.1. The van der Waals surface area contributed by atoms with Crippen LogP contribution < -0.4 is 4.74 Å². The molecule has 0 aliphatic heterocycles. The smallest absolute Gasteiger partial charge is 0.165 e. The van der Waals surface area contributed by atoms with Crippen molar-refractivity contribution in [2.75, 3.05) is 6.61 Å². The van der Waals surface area contributed by atoms with Crippen LogP contribution in [-0.2, 0) is 0 Å². The number of halogens is 1. The van der Waals surface area contributed by atoms with E-state index in [1.54, 1.807) is 12.1 Å². The quantitative estimate of drug-likeness (QED) is 0.568. The Bertz CT molecular complexity index is 596. The molecule has 0 aromatic heterocycles. The third-order valence-electron chi connectivity index (χ3n) is 5.87. The summed E-state index contributed by atoms with van der Waals surface area (Å²) in [5, 5.41) is 0. The molecule has 1 atom stereocenters. The highest BCUT2D eigenvalue weighted by Crippen LogP contribution is 2.41. The molecular weight excluding hydrogens is 299 g/mol. The number of benzene rings is 1. The van der Waals surface area contributed by atoms with E-state index in [9.17, 15) is 4.39 Å². The number of ether oxygens (including phenoxy) is 1. The van der Waals surface area contributed by atoms with Gasteiger partial charge in [-0.1, -0.05) is 18.2 Å². The minimum Gasteiger partial charge on any atom is -0.491 e. The lowest BCUT2D eigenvalue weighted by atomic mass is 9.71. The summed E-state index contributed by atoms with van der Waals surface area (Å²) in [7, 11) is 0. The Kier molecular flexibility index (Phi) is 5.76. The first-order valence-electron chi connectivity index (χ1n) is 9.45. The van der Waals surface area contributed by atoms with Gasteiger partial charge in [-0.3, -0.25) is 0 Å². The van der Waals surface area contributed by atoms with Gasteiger partial charge in [-0.05, 0) is 92.9 Å². The maximum absolute atomic E-state index is 14.1. The molecule has 0 radical (unpaired) electrons. The van der Waals surface area contributed by atoms with Crippen LogP contribution >= 0.6 is 0 Å². The number of hydrogen-bond donors (Lipinski definition) is 0. The Balaban J connectivity index is 1.61. The topological polar surface area (TPSA) is 9.23 Å². The minimum absolute atomic E-state index is 0.250. The van der Waals surface area contributed by atoms with Gasteiger partial charge in [0.15, 0.2) is 11.6 Å². The second-order valence-corrected chi connectivity index (χ2v) is 7.25. The van der Waals surface area contributed by atoms with Crippen LogP contribution in [0.25, 0.3) is 5.57 Å². The Morgan fingerprint density at radius 2 is 1.96 bits per heavy atom. The van der Waals surface area contributed by atoms with Crippen LogP contribution in [-0.4, -0.2) is 6.61 Å². The van der Waals surface area contributed by atoms with Gasteiger partial charge in [0.05, 0.1) is 6.61 Å². The second kappa shape index (κ2) is 8.00. The van der Waals surface area contributed by atoms with Crippen LogP contribution in [0.1, 0.15) is 57.4 Å². The molecule has 3 rings (SSSR count). The monoisotopic (exact) mass is 328 g/mol. The van der Waals surface area contributed by atoms with E-state index in [1.165, 1.54) is 37.7 Å². The Morgan fingerprint density at radius 3 is 2.54 bits per heavy atom. The van der Waals surface area contributed by atoms with Crippen LogP contribution in [0.15, 0.2) is 36.9 Å². The first-order chi connectivity index (χ1) is 11.7. The fourth-order valence-electron chi connectivity index (χ4n) is 4.37. The first kappa shape index (κ1) is 17.3. The van der Waals surface area contributed by atoms with E-state index in [1.807, 2.05) is 13.0 Å². The van der Waals surface area contributed by atoms with E-state index < -0.39 is 0 Å². The van der Waals surface area contributed by atoms with Gasteiger partial charge in [-0.2, -0.15) is 0 Å². The molecule has 1 nitrogen and oxygen atoms in total. The highest BCUT2D eigenvalue weighted by molar-refractivity contribution is 5.67. The molecule has 0 heterocycles. The Labute approximate surface area is 145 Å². The van der Waals surface area contributed by atoms with Crippen molar-refractivity contribution in [3.05, 3.63) is 48.3 Å². The van der Waals surface area contributed by atoms with Crippen molar-refractivity contribution in [3.8, 4) is 5.75 Å². The lowest BCUT2D eigenvalue weighted by molar-refractivity contribution is 0.212. The van der Waals surface area contributed by atoms with Gasteiger partial charge in [-0.15, -0.1) is 6.58 Å². The molecule has 0 spiro atoms. The lowest BCUT2D eigenvalue weighted by Gasteiger charge is -2.34. The molecule has 0 amide bonds. The SMILES string of the molecule is C=CC1CCC(C2CC=C(c3ccc(OCC)c(F)c3)CC2)CC1. The molecule has 2 aliphatic rings. The fraction of sp³-hybridized carbons (Fsp3) is 0.545. The second-order valence-electron chi connectivity index (χ2n) is 7.25. The number of rotatable bonds is 5. The zero-order valence-corrected chi connectivity index (χ0v) is 14.8. The van der Waals surface area contributed by atoms with Crippen molar-refractivity contribution < 1.29 is 9.13 Å². The van der Waals surface area contributed by atoms with E-state index in [0.29, 0.717) is 12.4 Å². The van der Waals surface area contributed by atoms with Gasteiger partial charge in [0, 0.05) is 0 Å². The highest BCUT2D eigenvalue weighted by Gasteiger charge is 2.28. The average Bonchev–Trinajstić information content (AvgIpc) is 2.64. The van der Waals surface area contributed by atoms with Crippen LogP contribution in [0, 0.1) is 23.6 Å². The van der Waals surface area contributed by atoms with E-state index >= 15 is 0 Å². The van der Waals surface area contributed by atoms with Crippen molar-refractivity contribution in [2.45, 2.75) is 51.9 Å². The predicted octanol–water partition coefficient (Wildman–Crippen LogP) is 6.40. The van der Waals surface area contributed by atoms with Crippen LogP contribution in [0.4, 0.5) is 4.39 Å². The van der Waals surface area contributed by atoms with E-state index in [0.717, 1.165) is 36.2 Å². The summed E-state index contributed by atoms with van der Waals surface area (Å²) in [6.07, 6.45) is 13.3. The molecule has 1 aromatic carbocycles. The minimum atomic E-state index is -0.250. The molecule has 2 aliphatic carbocycles. The summed E-state index contributed by atoms with van der Waals surface area (Å²) in [5.74, 6) is 2.53. The van der Waals surface area contributed by atoms with E-state index in [4.69, 9.17) is 4.74 Å². The van der Waals surface area contributed by atoms with Gasteiger partial charge in [0.2, 0.25) is 0 Å². The van der Waals surface area contributed by atoms with E-state index in [2.05, 4.69) is 18.7 Å². The number of allylic oxidation sites excluding steroid dienone is 3. The molecule has 0 N–H and O–H groups in total. The lowest BCUT2D eigenvalue weighted by Crippen LogP contribution is -2.22. The Hall–Kier alpha value is -1.57. The van der Waals surface area contributed by atoms with Crippen molar-refractivity contribution in [1.29, 1.82) is 0 Å². The maximum Gasteiger partial charge on any atom is 0.165 e. The standard InChI is InChI=1S/C22H29FO/c1-3-16-5-7-17(8-6-16)18-9-11-19(12-10-18)20-13-14-22(24-4-2)21(23)15-20/h3,11,13-18H,1,4-10,12H2,2H3. The van der Waals surface area contributed by atoms with Crippen molar-refractivity contribution >= 4 is 5.57 Å². The molecule has 0 bridgehead atoms. The number of hydrogen-bond acceptors (Lipinski definition) is 1. The van der Waals surface area contributed by atoms with Gasteiger partial charge in [0.1, 0.15) is 0 Å². The van der Waals surface area contributed by atoms with Gasteiger partial charge in [-0.25, -0.2) is 4.39 Å². The molecule has 1 aromatic rings. The van der Waals surface area contributed by atoms with E-state index in [-0.39, 0.29) is 5.82 Å². The molecule has 24 heavy (non-hydrogen) atoms. The van der Waals surface area contributed by atoms with Crippen molar-refractivity contribution in [3.63, 3.8) is 0 Å². The summed E-state index contributed by atoms with van der Waals surface area (Å²) in [6.45, 7) is 6.31. The zero-order valence-electron chi connectivity index (χ0n) is 14.8. The summed E-state index contributed by atoms with van der Waals surface area (Å²) < 4.78 is 19.4. The third kappa shape index (κ3) is 3.91. The fourth-order valence-corrected chi connectivity index (χ4v) is 4.37. The van der Waals surface area contributed by atoms with Gasteiger partial charge >= 0.3 is 0 Å². The molecule has 2 heteroatoms. The zero-order chi connectivity index (χ0) is 16.9. The maximum atomic E-state index is 14.1. The van der Waals surface area contributed by atoms with Gasteiger partial charge in [0.25, 0.3) is 0 Å². The largest absolute Gasteiger partial charge is 0.491 e.